The van der Waals surface area contributed by atoms with E-state index >= 15 is 0 Å². The van der Waals surface area contributed by atoms with Gasteiger partial charge in [-0.15, -0.1) is 0 Å². The summed E-state index contributed by atoms with van der Waals surface area (Å²) in [6.07, 6.45) is 0. The Hall–Kier alpha value is -1.35. The topological polar surface area (TPSA) is 40.5 Å². The highest BCUT2D eigenvalue weighted by molar-refractivity contribution is 5.72. The molecular formula is C13H19NO2. The van der Waals surface area contributed by atoms with E-state index < -0.39 is 12.0 Å². The number of hydrogen-bond donors (Lipinski definition) is 1. The van der Waals surface area contributed by atoms with Crippen molar-refractivity contribution < 1.29 is 9.90 Å². The van der Waals surface area contributed by atoms with E-state index in [2.05, 4.69) is 0 Å². The van der Waals surface area contributed by atoms with Crippen LogP contribution in [0, 0.1) is 6.92 Å². The van der Waals surface area contributed by atoms with Crippen molar-refractivity contribution >= 4 is 5.97 Å². The van der Waals surface area contributed by atoms with Gasteiger partial charge >= 0.3 is 5.97 Å². The van der Waals surface area contributed by atoms with Gasteiger partial charge in [-0.2, -0.15) is 0 Å². The Morgan fingerprint density at radius 1 is 1.25 bits per heavy atom. The standard InChI is InChI=1S/C13H19NO2/c1-9-5-7-12(8-6-9)10(2)14(4)11(3)13(15)16/h5-8,10-11H,1-4H3,(H,15,16). The van der Waals surface area contributed by atoms with Crippen LogP contribution in [-0.4, -0.2) is 29.1 Å². The second-order valence-corrected chi connectivity index (χ2v) is 4.27. The molecule has 2 atom stereocenters. The maximum atomic E-state index is 10.9. The Balaban J connectivity index is 2.81. The first-order chi connectivity index (χ1) is 7.43. The Morgan fingerprint density at radius 2 is 1.75 bits per heavy atom. The van der Waals surface area contributed by atoms with Crippen LogP contribution < -0.4 is 0 Å². The molecule has 1 aromatic rings. The second-order valence-electron chi connectivity index (χ2n) is 4.27. The summed E-state index contributed by atoms with van der Waals surface area (Å²) in [5.74, 6) is -0.790. The van der Waals surface area contributed by atoms with Gasteiger partial charge in [0, 0.05) is 6.04 Å². The molecule has 0 fully saturated rings. The van der Waals surface area contributed by atoms with Gasteiger partial charge in [0.15, 0.2) is 0 Å². The van der Waals surface area contributed by atoms with Crippen LogP contribution in [0.2, 0.25) is 0 Å². The predicted octanol–water partition coefficient (Wildman–Crippen LogP) is 2.46. The summed E-state index contributed by atoms with van der Waals surface area (Å²) in [4.78, 5) is 12.7. The first-order valence-electron chi connectivity index (χ1n) is 5.44. The Kier molecular flexibility index (Phi) is 4.07. The zero-order valence-corrected chi connectivity index (χ0v) is 10.3. The summed E-state index contributed by atoms with van der Waals surface area (Å²) in [7, 11) is 1.84. The minimum atomic E-state index is -0.790. The fourth-order valence-corrected chi connectivity index (χ4v) is 1.59. The number of carboxylic acid groups (broad SMARTS) is 1. The zero-order chi connectivity index (χ0) is 12.3. The number of benzene rings is 1. The first kappa shape index (κ1) is 12.7. The number of likely N-dealkylation sites (N-methyl/N-ethyl adjacent to an activating group) is 1. The summed E-state index contributed by atoms with van der Waals surface area (Å²) >= 11 is 0. The smallest absolute Gasteiger partial charge is 0.320 e. The van der Waals surface area contributed by atoms with E-state index in [1.54, 1.807) is 6.92 Å². The van der Waals surface area contributed by atoms with Crippen LogP contribution in [-0.2, 0) is 4.79 Å². The normalized spacial score (nSPS) is 14.8. The Labute approximate surface area is 96.7 Å². The van der Waals surface area contributed by atoms with Crippen molar-refractivity contribution in [2.75, 3.05) is 7.05 Å². The summed E-state index contributed by atoms with van der Waals surface area (Å²) in [5.41, 5.74) is 2.35. The molecule has 2 unspecified atom stereocenters. The van der Waals surface area contributed by atoms with Crippen LogP contribution in [0.25, 0.3) is 0 Å². The van der Waals surface area contributed by atoms with Crippen molar-refractivity contribution in [3.05, 3.63) is 35.4 Å². The molecule has 0 aliphatic rings. The van der Waals surface area contributed by atoms with Gasteiger partial charge in [0.25, 0.3) is 0 Å². The molecular weight excluding hydrogens is 202 g/mol. The van der Waals surface area contributed by atoms with E-state index in [-0.39, 0.29) is 6.04 Å². The largest absolute Gasteiger partial charge is 0.480 e. The van der Waals surface area contributed by atoms with E-state index in [0.717, 1.165) is 5.56 Å². The number of hydrogen-bond acceptors (Lipinski definition) is 2. The minimum Gasteiger partial charge on any atom is -0.480 e. The van der Waals surface area contributed by atoms with Gasteiger partial charge in [0.05, 0.1) is 0 Å². The number of carboxylic acids is 1. The fraction of sp³-hybridized carbons (Fsp3) is 0.462. The lowest BCUT2D eigenvalue weighted by Gasteiger charge is -2.28. The zero-order valence-electron chi connectivity index (χ0n) is 10.3. The minimum absolute atomic E-state index is 0.103. The fourth-order valence-electron chi connectivity index (χ4n) is 1.59. The first-order valence-corrected chi connectivity index (χ1v) is 5.44. The molecule has 0 heterocycles. The molecule has 88 valence electrons. The van der Waals surface area contributed by atoms with Gasteiger partial charge in [-0.1, -0.05) is 29.8 Å². The maximum absolute atomic E-state index is 10.9. The van der Waals surface area contributed by atoms with Crippen molar-refractivity contribution in [3.63, 3.8) is 0 Å². The lowest BCUT2D eigenvalue weighted by molar-refractivity contribution is -0.142. The number of carbonyl (C=O) groups is 1. The molecule has 0 aliphatic carbocycles. The summed E-state index contributed by atoms with van der Waals surface area (Å²) in [6, 6.07) is 7.81. The molecule has 3 heteroatoms. The third-order valence-corrected chi connectivity index (χ3v) is 3.14. The SMILES string of the molecule is Cc1ccc(C(C)N(C)C(C)C(=O)O)cc1. The molecule has 0 bridgehead atoms. The highest BCUT2D eigenvalue weighted by atomic mass is 16.4. The molecule has 0 saturated carbocycles. The molecule has 0 aliphatic heterocycles. The van der Waals surface area contributed by atoms with Gasteiger partial charge < -0.3 is 5.11 Å². The predicted molar refractivity (Wildman–Crippen MR) is 64.5 cm³/mol. The van der Waals surface area contributed by atoms with Crippen molar-refractivity contribution in [2.24, 2.45) is 0 Å². The highest BCUT2D eigenvalue weighted by Crippen LogP contribution is 2.21. The number of rotatable bonds is 4. The number of aryl methyl sites for hydroxylation is 1. The molecule has 0 aromatic heterocycles. The molecule has 1 rings (SSSR count). The molecule has 16 heavy (non-hydrogen) atoms. The molecule has 3 nitrogen and oxygen atoms in total. The number of nitrogens with zero attached hydrogens (tertiary/aromatic N) is 1. The summed E-state index contributed by atoms with van der Waals surface area (Å²) in [6.45, 7) is 5.76. The third kappa shape index (κ3) is 2.83. The van der Waals surface area contributed by atoms with Gasteiger partial charge in [-0.3, -0.25) is 9.69 Å². The monoisotopic (exact) mass is 221 g/mol. The van der Waals surface area contributed by atoms with Crippen molar-refractivity contribution in [1.29, 1.82) is 0 Å². The van der Waals surface area contributed by atoms with Crippen LogP contribution in [0.3, 0.4) is 0 Å². The average Bonchev–Trinajstić information content (AvgIpc) is 2.27. The molecule has 0 radical (unpaired) electrons. The second kappa shape index (κ2) is 5.12. The molecule has 1 aromatic carbocycles. The van der Waals surface area contributed by atoms with Crippen LogP contribution in [0.1, 0.15) is 31.0 Å². The molecule has 0 spiro atoms. The van der Waals surface area contributed by atoms with Crippen molar-refractivity contribution in [1.82, 2.24) is 4.90 Å². The molecule has 0 amide bonds. The van der Waals surface area contributed by atoms with E-state index in [1.807, 2.05) is 50.1 Å². The quantitative estimate of drug-likeness (QED) is 0.849. The van der Waals surface area contributed by atoms with E-state index in [4.69, 9.17) is 5.11 Å². The van der Waals surface area contributed by atoms with Gasteiger partial charge in [-0.25, -0.2) is 0 Å². The van der Waals surface area contributed by atoms with Crippen LogP contribution in [0.15, 0.2) is 24.3 Å². The summed E-state index contributed by atoms with van der Waals surface area (Å²) in [5, 5.41) is 8.95. The third-order valence-electron chi connectivity index (χ3n) is 3.14. The van der Waals surface area contributed by atoms with Crippen LogP contribution in [0.5, 0.6) is 0 Å². The van der Waals surface area contributed by atoms with Gasteiger partial charge in [0.1, 0.15) is 6.04 Å². The van der Waals surface area contributed by atoms with E-state index in [9.17, 15) is 4.79 Å². The van der Waals surface area contributed by atoms with Crippen molar-refractivity contribution in [2.45, 2.75) is 32.9 Å². The Morgan fingerprint density at radius 3 is 2.19 bits per heavy atom. The van der Waals surface area contributed by atoms with Gasteiger partial charge in [0.2, 0.25) is 0 Å². The van der Waals surface area contributed by atoms with Gasteiger partial charge in [-0.05, 0) is 33.4 Å². The lowest BCUT2D eigenvalue weighted by Crippen LogP contribution is -2.37. The summed E-state index contributed by atoms with van der Waals surface area (Å²) < 4.78 is 0. The van der Waals surface area contributed by atoms with E-state index in [0.29, 0.717) is 0 Å². The lowest BCUT2D eigenvalue weighted by atomic mass is 10.0. The van der Waals surface area contributed by atoms with Crippen molar-refractivity contribution in [3.8, 4) is 0 Å². The van der Waals surface area contributed by atoms with Crippen LogP contribution >= 0.6 is 0 Å². The number of aliphatic carboxylic acids is 1. The molecule has 1 N–H and O–H groups in total. The average molecular weight is 221 g/mol. The van der Waals surface area contributed by atoms with E-state index in [1.165, 1.54) is 5.56 Å². The Bertz CT molecular complexity index is 359. The maximum Gasteiger partial charge on any atom is 0.320 e. The molecule has 0 saturated heterocycles. The highest BCUT2D eigenvalue weighted by Gasteiger charge is 2.22. The van der Waals surface area contributed by atoms with Crippen LogP contribution in [0.4, 0.5) is 0 Å².